The Hall–Kier alpha value is -3.70. The van der Waals surface area contributed by atoms with E-state index in [0.717, 1.165) is 22.3 Å². The molecule has 1 amide bonds. The minimum absolute atomic E-state index is 0.0580. The number of ether oxygens (including phenoxy) is 1. The highest BCUT2D eigenvalue weighted by Crippen LogP contribution is 2.36. The van der Waals surface area contributed by atoms with Crippen molar-refractivity contribution in [3.8, 4) is 17.0 Å². The van der Waals surface area contributed by atoms with E-state index in [1.807, 2.05) is 17.5 Å². The average molecular weight is 501 g/mol. The van der Waals surface area contributed by atoms with Crippen molar-refractivity contribution in [3.05, 3.63) is 80.6 Å². The van der Waals surface area contributed by atoms with Gasteiger partial charge in [-0.2, -0.15) is 18.3 Å². The molecule has 0 aliphatic carbocycles. The number of para-hydroxylation sites is 1. The molecule has 0 saturated carbocycles. The Kier molecular flexibility index (Phi) is 5.80. The number of alkyl halides is 3. The number of nitrogens with zero attached hydrogens (tertiary/aromatic N) is 3. The number of carbonyl (C=O) groups is 1. The number of aromatic nitrogens is 1. The molecule has 0 atom stereocenters. The van der Waals surface area contributed by atoms with Gasteiger partial charge in [-0.15, -0.1) is 22.7 Å². The number of nitrogens with one attached hydrogen (secondary N) is 1. The summed E-state index contributed by atoms with van der Waals surface area (Å²) in [5.74, 6) is 0.272. The monoisotopic (exact) mass is 500 g/mol. The molecule has 0 bridgehead atoms. The third-order valence-corrected chi connectivity index (χ3v) is 6.49. The Balaban J connectivity index is 1.66. The molecule has 0 unspecified atom stereocenters. The van der Waals surface area contributed by atoms with Gasteiger partial charge in [-0.05, 0) is 41.8 Å². The van der Waals surface area contributed by atoms with Crippen molar-refractivity contribution >= 4 is 46.2 Å². The molecule has 6 nitrogen and oxygen atoms in total. The molecule has 11 heteroatoms. The van der Waals surface area contributed by atoms with Gasteiger partial charge in [-0.25, -0.2) is 9.67 Å². The van der Waals surface area contributed by atoms with Crippen LogP contribution in [0.25, 0.3) is 11.3 Å². The number of fused-ring (bicyclic) bond motifs is 1. The predicted molar refractivity (Wildman–Crippen MR) is 126 cm³/mol. The second-order valence-electron chi connectivity index (χ2n) is 7.15. The molecule has 0 spiro atoms. The van der Waals surface area contributed by atoms with Gasteiger partial charge in [-0.3, -0.25) is 4.79 Å². The largest absolute Gasteiger partial charge is 0.482 e. The lowest BCUT2D eigenvalue weighted by Crippen LogP contribution is -2.25. The first-order valence-electron chi connectivity index (χ1n) is 9.95. The number of rotatable bonds is 4. The van der Waals surface area contributed by atoms with Crippen LogP contribution in [0, 0.1) is 0 Å². The third-order valence-electron chi connectivity index (χ3n) is 4.86. The molecule has 34 heavy (non-hydrogen) atoms. The van der Waals surface area contributed by atoms with Gasteiger partial charge in [0.2, 0.25) is 4.80 Å². The summed E-state index contributed by atoms with van der Waals surface area (Å²) in [4.78, 5) is 17.2. The zero-order chi connectivity index (χ0) is 23.7. The van der Waals surface area contributed by atoms with E-state index in [-0.39, 0.29) is 23.0 Å². The van der Waals surface area contributed by atoms with E-state index in [9.17, 15) is 18.0 Å². The molecule has 1 aliphatic heterocycles. The lowest BCUT2D eigenvalue weighted by Gasteiger charge is -2.18. The summed E-state index contributed by atoms with van der Waals surface area (Å²) < 4.78 is 47.4. The van der Waals surface area contributed by atoms with Crippen molar-refractivity contribution in [3.63, 3.8) is 0 Å². The topological polar surface area (TPSA) is 68.0 Å². The molecule has 5 rings (SSSR count). The Bertz CT molecular complexity index is 1450. The fourth-order valence-corrected chi connectivity index (χ4v) is 4.75. The fraction of sp³-hybridized carbons (Fsp3) is 0.0870. The molecule has 0 saturated heterocycles. The van der Waals surface area contributed by atoms with Crippen LogP contribution in [0.4, 0.5) is 24.5 Å². The quantitative estimate of drug-likeness (QED) is 0.363. The van der Waals surface area contributed by atoms with E-state index in [4.69, 9.17) is 4.74 Å². The SMILES string of the molecule is O=C1COc2ccc(-c3csc(=Nc4ccccc4C(F)(F)F)n3N=Cc3cccs3)cc2N1. The zero-order valence-corrected chi connectivity index (χ0v) is 18.9. The molecule has 1 aliphatic rings. The van der Waals surface area contributed by atoms with Crippen LogP contribution in [0.3, 0.4) is 0 Å². The van der Waals surface area contributed by atoms with Crippen LogP contribution >= 0.6 is 22.7 Å². The van der Waals surface area contributed by atoms with Gasteiger partial charge in [0.25, 0.3) is 5.91 Å². The first-order valence-corrected chi connectivity index (χ1v) is 11.7. The van der Waals surface area contributed by atoms with Gasteiger partial charge in [0.15, 0.2) is 6.61 Å². The number of halogens is 3. The molecular formula is C23H15F3N4O2S2. The number of hydrogen-bond acceptors (Lipinski definition) is 6. The number of benzene rings is 2. The second kappa shape index (κ2) is 8.92. The number of anilines is 1. The summed E-state index contributed by atoms with van der Waals surface area (Å²) in [6.45, 7) is -0.0580. The van der Waals surface area contributed by atoms with E-state index in [0.29, 0.717) is 22.7 Å². The van der Waals surface area contributed by atoms with Gasteiger partial charge in [0.1, 0.15) is 5.75 Å². The highest BCUT2D eigenvalue weighted by Gasteiger charge is 2.33. The van der Waals surface area contributed by atoms with Crippen molar-refractivity contribution in [1.29, 1.82) is 0 Å². The average Bonchev–Trinajstić information content (AvgIpc) is 3.47. The number of thiophene rings is 1. The molecule has 2 aromatic carbocycles. The van der Waals surface area contributed by atoms with Crippen molar-refractivity contribution in [2.24, 2.45) is 10.1 Å². The van der Waals surface area contributed by atoms with E-state index < -0.39 is 11.7 Å². The van der Waals surface area contributed by atoms with Crippen LogP contribution in [-0.4, -0.2) is 23.4 Å². The molecule has 4 aromatic rings. The molecule has 172 valence electrons. The smallest absolute Gasteiger partial charge is 0.418 e. The van der Waals surface area contributed by atoms with E-state index >= 15 is 0 Å². The summed E-state index contributed by atoms with van der Waals surface area (Å²) in [7, 11) is 0. The van der Waals surface area contributed by atoms with Crippen LogP contribution < -0.4 is 14.9 Å². The number of amides is 1. The predicted octanol–water partition coefficient (Wildman–Crippen LogP) is 5.74. The molecule has 2 aromatic heterocycles. The maximum absolute atomic E-state index is 13.5. The van der Waals surface area contributed by atoms with Crippen LogP contribution in [0.15, 0.2) is 75.5 Å². The van der Waals surface area contributed by atoms with Crippen molar-refractivity contribution < 1.29 is 22.7 Å². The summed E-state index contributed by atoms with van der Waals surface area (Å²) in [5.41, 5.74) is 0.773. The Morgan fingerprint density at radius 1 is 1.09 bits per heavy atom. The first kappa shape index (κ1) is 22.1. The van der Waals surface area contributed by atoms with Crippen molar-refractivity contribution in [1.82, 2.24) is 4.68 Å². The third kappa shape index (κ3) is 4.52. The lowest BCUT2D eigenvalue weighted by atomic mass is 10.1. The standard InChI is InChI=1S/C23H15F3N4O2S2/c24-23(25,26)16-5-1-2-6-17(16)29-22-30(27-11-15-4-3-9-33-15)19(13-34-22)14-7-8-20-18(10-14)28-21(31)12-32-20/h1-11,13H,12H2,(H,28,31). The van der Waals surface area contributed by atoms with Gasteiger partial charge >= 0.3 is 6.18 Å². The van der Waals surface area contributed by atoms with Crippen LogP contribution in [0.2, 0.25) is 0 Å². The molecular weight excluding hydrogens is 485 g/mol. The van der Waals surface area contributed by atoms with Crippen molar-refractivity contribution in [2.75, 3.05) is 11.9 Å². The lowest BCUT2D eigenvalue weighted by molar-refractivity contribution is -0.137. The molecule has 0 fully saturated rings. The van der Waals surface area contributed by atoms with Crippen LogP contribution in [0.5, 0.6) is 5.75 Å². The number of carbonyl (C=O) groups excluding carboxylic acids is 1. The maximum atomic E-state index is 13.5. The summed E-state index contributed by atoms with van der Waals surface area (Å²) in [5, 5.41) is 10.9. The van der Waals surface area contributed by atoms with Gasteiger partial charge in [-0.1, -0.05) is 18.2 Å². The minimum Gasteiger partial charge on any atom is -0.482 e. The minimum atomic E-state index is -4.54. The molecule has 1 N–H and O–H groups in total. The normalized spacial score (nSPS) is 14.2. The van der Waals surface area contributed by atoms with E-state index in [1.54, 1.807) is 29.8 Å². The summed E-state index contributed by atoms with van der Waals surface area (Å²) in [6, 6.07) is 14.2. The molecule has 3 heterocycles. The fourth-order valence-electron chi connectivity index (χ4n) is 3.32. The zero-order valence-electron chi connectivity index (χ0n) is 17.2. The highest BCUT2D eigenvalue weighted by atomic mass is 32.1. The van der Waals surface area contributed by atoms with Crippen LogP contribution in [0.1, 0.15) is 10.4 Å². The Morgan fingerprint density at radius 3 is 2.74 bits per heavy atom. The first-order chi connectivity index (χ1) is 16.4. The van der Waals surface area contributed by atoms with Crippen LogP contribution in [-0.2, 0) is 11.0 Å². The van der Waals surface area contributed by atoms with E-state index in [2.05, 4.69) is 15.4 Å². The van der Waals surface area contributed by atoms with Gasteiger partial charge in [0.05, 0.1) is 28.8 Å². The Labute approximate surface area is 199 Å². The summed E-state index contributed by atoms with van der Waals surface area (Å²) in [6.07, 6.45) is -2.92. The second-order valence-corrected chi connectivity index (χ2v) is 8.97. The summed E-state index contributed by atoms with van der Waals surface area (Å²) >= 11 is 2.64. The maximum Gasteiger partial charge on any atom is 0.418 e. The van der Waals surface area contributed by atoms with Gasteiger partial charge in [0, 0.05) is 15.8 Å². The number of thiazole rings is 1. The number of hydrogen-bond donors (Lipinski definition) is 1. The van der Waals surface area contributed by atoms with Gasteiger partial charge < -0.3 is 10.1 Å². The highest BCUT2D eigenvalue weighted by molar-refractivity contribution is 7.11. The van der Waals surface area contributed by atoms with E-state index in [1.165, 1.54) is 34.2 Å². The van der Waals surface area contributed by atoms with Crippen molar-refractivity contribution in [2.45, 2.75) is 6.18 Å². The Morgan fingerprint density at radius 2 is 1.94 bits per heavy atom. The molecule has 0 radical (unpaired) electrons.